The van der Waals surface area contributed by atoms with E-state index in [1.165, 1.54) is 80.0 Å². The Hall–Kier alpha value is -2.07. The summed E-state index contributed by atoms with van der Waals surface area (Å²) in [5, 5.41) is 9.75. The summed E-state index contributed by atoms with van der Waals surface area (Å²) in [5.74, 6) is 0.617. The van der Waals surface area contributed by atoms with E-state index in [0.29, 0.717) is 5.92 Å². The molecule has 1 aliphatic rings. The van der Waals surface area contributed by atoms with E-state index < -0.39 is 0 Å². The Kier molecular flexibility index (Phi) is 9.86. The van der Waals surface area contributed by atoms with Gasteiger partial charge in [-0.2, -0.15) is 5.26 Å². The summed E-state index contributed by atoms with van der Waals surface area (Å²) in [4.78, 5) is 0. The van der Waals surface area contributed by atoms with Crippen molar-refractivity contribution < 1.29 is 0 Å². The van der Waals surface area contributed by atoms with Crippen LogP contribution in [0.5, 0.6) is 0 Å². The molecule has 0 aliphatic heterocycles. The molecule has 0 atom stereocenters. The third-order valence-corrected chi connectivity index (χ3v) is 7.68. The molecule has 1 heteroatoms. The van der Waals surface area contributed by atoms with Gasteiger partial charge >= 0.3 is 0 Å². The predicted octanol–water partition coefficient (Wildman–Crippen LogP) is 9.61. The molecule has 1 fully saturated rings. The molecule has 0 amide bonds. The molecule has 2 aromatic carbocycles. The molecule has 0 unspecified atom stereocenters. The van der Waals surface area contributed by atoms with Gasteiger partial charge in [0.2, 0.25) is 0 Å². The minimum absolute atomic E-state index is 0.0519. The fourth-order valence-electron chi connectivity index (χ4n) is 5.36. The molecule has 0 bridgehead atoms. The summed E-state index contributed by atoms with van der Waals surface area (Å²) < 4.78 is 0. The van der Waals surface area contributed by atoms with Crippen LogP contribution in [0.1, 0.15) is 114 Å². The number of unbranched alkanes of at least 4 members (excludes halogenated alkanes) is 6. The van der Waals surface area contributed by atoms with Gasteiger partial charge in [-0.25, -0.2) is 0 Å². The van der Waals surface area contributed by atoms with Crippen LogP contribution in [0, 0.1) is 16.7 Å². The summed E-state index contributed by atoms with van der Waals surface area (Å²) in [5.41, 5.74) is 5.49. The number of nitrogens with zero attached hydrogens (tertiary/aromatic N) is 1. The van der Waals surface area contributed by atoms with Crippen molar-refractivity contribution in [1.29, 1.82) is 5.26 Å². The molecule has 0 aromatic heterocycles. The van der Waals surface area contributed by atoms with Gasteiger partial charge in [-0.05, 0) is 73.1 Å². The normalized spacial score (nSPS) is 20.7. The van der Waals surface area contributed by atoms with Crippen LogP contribution >= 0.6 is 0 Å². The number of hydrogen-bond donors (Lipinski definition) is 0. The van der Waals surface area contributed by atoms with E-state index in [4.69, 9.17) is 0 Å². The summed E-state index contributed by atoms with van der Waals surface area (Å²) >= 11 is 0. The third kappa shape index (κ3) is 6.96. The molecule has 2 aromatic rings. The van der Waals surface area contributed by atoms with Crippen molar-refractivity contribution in [3.8, 4) is 17.2 Å². The first kappa shape index (κ1) is 24.6. The highest BCUT2D eigenvalue weighted by atomic mass is 14.4. The second-order valence-corrected chi connectivity index (χ2v) is 10.1. The maximum absolute atomic E-state index is 9.75. The SMILES string of the molecule is CCCCCCCCc1ccc(-c2ccc(C3CCC(C#N)(CCCC)CC3)cc2)cc1. The maximum atomic E-state index is 9.75. The lowest BCUT2D eigenvalue weighted by molar-refractivity contribution is 0.224. The summed E-state index contributed by atoms with van der Waals surface area (Å²) in [6, 6.07) is 21.1. The molecule has 3 rings (SSSR count). The molecule has 1 aliphatic carbocycles. The van der Waals surface area contributed by atoms with Crippen molar-refractivity contribution in [2.24, 2.45) is 5.41 Å². The molecule has 0 heterocycles. The number of benzene rings is 2. The molecule has 1 saturated carbocycles. The van der Waals surface area contributed by atoms with Crippen molar-refractivity contribution in [2.45, 2.75) is 110 Å². The van der Waals surface area contributed by atoms with Crippen LogP contribution in [0.15, 0.2) is 48.5 Å². The molecule has 1 nitrogen and oxygen atoms in total. The molecular weight excluding hydrogens is 386 g/mol. The number of aryl methyl sites for hydroxylation is 1. The Labute approximate surface area is 197 Å². The van der Waals surface area contributed by atoms with Crippen molar-refractivity contribution >= 4 is 0 Å². The lowest BCUT2D eigenvalue weighted by atomic mass is 9.67. The van der Waals surface area contributed by atoms with Crippen LogP contribution in [0.2, 0.25) is 0 Å². The second-order valence-electron chi connectivity index (χ2n) is 10.1. The highest BCUT2D eigenvalue weighted by Gasteiger charge is 2.35. The van der Waals surface area contributed by atoms with E-state index >= 15 is 0 Å². The Morgan fingerprint density at radius 3 is 1.91 bits per heavy atom. The van der Waals surface area contributed by atoms with Crippen molar-refractivity contribution in [3.05, 3.63) is 59.7 Å². The highest BCUT2D eigenvalue weighted by Crippen LogP contribution is 2.45. The van der Waals surface area contributed by atoms with Crippen molar-refractivity contribution in [1.82, 2.24) is 0 Å². The number of hydrogen-bond acceptors (Lipinski definition) is 1. The average molecular weight is 430 g/mol. The largest absolute Gasteiger partial charge is 0.198 e. The van der Waals surface area contributed by atoms with Gasteiger partial charge in [0.25, 0.3) is 0 Å². The first-order valence-electron chi connectivity index (χ1n) is 13.3. The topological polar surface area (TPSA) is 23.8 Å². The monoisotopic (exact) mass is 429 g/mol. The van der Waals surface area contributed by atoms with E-state index in [1.54, 1.807) is 0 Å². The zero-order valence-corrected chi connectivity index (χ0v) is 20.5. The number of nitriles is 1. The van der Waals surface area contributed by atoms with Gasteiger partial charge in [0.05, 0.1) is 11.5 Å². The zero-order chi connectivity index (χ0) is 22.7. The third-order valence-electron chi connectivity index (χ3n) is 7.68. The summed E-state index contributed by atoms with van der Waals surface area (Å²) in [6.45, 7) is 4.50. The van der Waals surface area contributed by atoms with Gasteiger partial charge < -0.3 is 0 Å². The zero-order valence-electron chi connectivity index (χ0n) is 20.5. The summed E-state index contributed by atoms with van der Waals surface area (Å²) in [6.07, 6.45) is 17.3. The van der Waals surface area contributed by atoms with E-state index in [1.807, 2.05) is 0 Å². The van der Waals surface area contributed by atoms with Crippen LogP contribution in [0.3, 0.4) is 0 Å². The van der Waals surface area contributed by atoms with E-state index in [0.717, 1.165) is 32.1 Å². The van der Waals surface area contributed by atoms with E-state index in [9.17, 15) is 5.26 Å². The van der Waals surface area contributed by atoms with Crippen molar-refractivity contribution in [2.75, 3.05) is 0 Å². The molecule has 172 valence electrons. The van der Waals surface area contributed by atoms with Crippen LogP contribution < -0.4 is 0 Å². The first-order chi connectivity index (χ1) is 15.7. The lowest BCUT2D eigenvalue weighted by Gasteiger charge is -2.35. The molecular formula is C31H43N. The predicted molar refractivity (Wildman–Crippen MR) is 138 cm³/mol. The fourth-order valence-corrected chi connectivity index (χ4v) is 5.36. The molecule has 0 saturated heterocycles. The Balaban J connectivity index is 1.50. The van der Waals surface area contributed by atoms with Gasteiger partial charge in [-0.3, -0.25) is 0 Å². The van der Waals surface area contributed by atoms with E-state index in [-0.39, 0.29) is 5.41 Å². The van der Waals surface area contributed by atoms with Gasteiger partial charge in [-0.1, -0.05) is 107 Å². The molecule has 32 heavy (non-hydrogen) atoms. The average Bonchev–Trinajstić information content (AvgIpc) is 2.86. The number of rotatable bonds is 12. The Morgan fingerprint density at radius 2 is 1.31 bits per heavy atom. The minimum atomic E-state index is -0.0519. The van der Waals surface area contributed by atoms with Crippen LogP contribution in [0.4, 0.5) is 0 Å². The van der Waals surface area contributed by atoms with Crippen LogP contribution in [0.25, 0.3) is 11.1 Å². The first-order valence-corrected chi connectivity index (χ1v) is 13.3. The van der Waals surface area contributed by atoms with Gasteiger partial charge in [0, 0.05) is 0 Å². The van der Waals surface area contributed by atoms with Gasteiger partial charge in [0.15, 0.2) is 0 Å². The Morgan fingerprint density at radius 1 is 0.750 bits per heavy atom. The van der Waals surface area contributed by atoms with Gasteiger partial charge in [-0.15, -0.1) is 0 Å². The lowest BCUT2D eigenvalue weighted by Crippen LogP contribution is -2.25. The molecule has 0 spiro atoms. The minimum Gasteiger partial charge on any atom is -0.198 e. The Bertz CT molecular complexity index is 816. The maximum Gasteiger partial charge on any atom is 0.0689 e. The smallest absolute Gasteiger partial charge is 0.0689 e. The van der Waals surface area contributed by atoms with Gasteiger partial charge in [0.1, 0.15) is 0 Å². The van der Waals surface area contributed by atoms with Crippen LogP contribution in [-0.2, 0) is 6.42 Å². The fraction of sp³-hybridized carbons (Fsp3) is 0.581. The van der Waals surface area contributed by atoms with Crippen LogP contribution in [-0.4, -0.2) is 0 Å². The highest BCUT2D eigenvalue weighted by molar-refractivity contribution is 5.64. The standard InChI is InChI=1S/C31H43N/c1-3-5-7-8-9-10-11-26-12-14-27(15-13-26)28-16-18-29(19-17-28)30-20-23-31(25-32,24-21-30)22-6-4-2/h12-19,30H,3-11,20-24H2,1-2H3. The summed E-state index contributed by atoms with van der Waals surface area (Å²) in [7, 11) is 0. The molecule has 0 N–H and O–H groups in total. The van der Waals surface area contributed by atoms with Crippen molar-refractivity contribution in [3.63, 3.8) is 0 Å². The molecule has 0 radical (unpaired) electrons. The van der Waals surface area contributed by atoms with E-state index in [2.05, 4.69) is 68.4 Å². The second kappa shape index (κ2) is 12.8. The quantitative estimate of drug-likeness (QED) is 0.308.